The summed E-state index contributed by atoms with van der Waals surface area (Å²) in [5.74, 6) is -0.145. The normalized spacial score (nSPS) is 11.6. The fourth-order valence-electron chi connectivity index (χ4n) is 3.44. The van der Waals surface area contributed by atoms with Gasteiger partial charge in [-0.05, 0) is 36.5 Å². The monoisotopic (exact) mass is 378 g/mol. The molecule has 0 aliphatic heterocycles. The lowest BCUT2D eigenvalue weighted by atomic mass is 9.99. The molecule has 2 aromatic carbocycles. The Bertz CT molecular complexity index is 739. The van der Waals surface area contributed by atoms with Crippen molar-refractivity contribution in [3.63, 3.8) is 0 Å². The highest BCUT2D eigenvalue weighted by Crippen LogP contribution is 2.23. The van der Waals surface area contributed by atoms with Crippen LogP contribution in [0.25, 0.3) is 16.9 Å². The smallest absolute Gasteiger partial charge is 0.156 e. The van der Waals surface area contributed by atoms with E-state index in [0.717, 1.165) is 12.0 Å². The number of hydrogen-bond acceptors (Lipinski definition) is 2. The lowest BCUT2D eigenvalue weighted by Gasteiger charge is -2.06. The number of aliphatic hydroxyl groups excluding tert-OH is 1. The Balaban J connectivity index is 1.80. The van der Waals surface area contributed by atoms with Crippen LogP contribution in [-0.2, 0) is 11.2 Å². The molecular formula is C26H34O2. The Morgan fingerprint density at radius 3 is 1.82 bits per heavy atom. The molecule has 0 aromatic heterocycles. The molecule has 0 fully saturated rings. The molecule has 0 aliphatic carbocycles. The summed E-state index contributed by atoms with van der Waals surface area (Å²) in [6, 6.07) is 16.4. The number of aliphatic hydroxyl groups is 1. The predicted molar refractivity (Wildman–Crippen MR) is 119 cm³/mol. The summed E-state index contributed by atoms with van der Waals surface area (Å²) < 4.78 is 0. The maximum Gasteiger partial charge on any atom is 0.156 e. The Hall–Kier alpha value is -2.35. The number of hydrogen-bond donors (Lipinski definition) is 1. The fourth-order valence-corrected chi connectivity index (χ4v) is 3.44. The molecule has 0 spiro atoms. The van der Waals surface area contributed by atoms with E-state index in [0.29, 0.717) is 5.56 Å². The van der Waals surface area contributed by atoms with E-state index in [1.165, 1.54) is 75.5 Å². The topological polar surface area (TPSA) is 37.3 Å². The van der Waals surface area contributed by atoms with E-state index < -0.39 is 0 Å². The lowest BCUT2D eigenvalue weighted by Crippen LogP contribution is -1.89. The summed E-state index contributed by atoms with van der Waals surface area (Å²) in [5, 5.41) is 9.90. The van der Waals surface area contributed by atoms with Gasteiger partial charge in [0.05, 0.1) is 0 Å². The number of carbonyl (C=O) groups is 1. The van der Waals surface area contributed by atoms with Crippen LogP contribution in [0.1, 0.15) is 76.3 Å². The Morgan fingerprint density at radius 1 is 0.786 bits per heavy atom. The molecule has 0 saturated carbocycles. The second-order valence-electron chi connectivity index (χ2n) is 7.64. The van der Waals surface area contributed by atoms with E-state index in [2.05, 4.69) is 31.2 Å². The maximum absolute atomic E-state index is 11.1. The molecule has 2 heteroatoms. The van der Waals surface area contributed by atoms with E-state index in [1.54, 1.807) is 0 Å². The summed E-state index contributed by atoms with van der Waals surface area (Å²) in [5.41, 5.74) is 4.33. The van der Waals surface area contributed by atoms with E-state index in [-0.39, 0.29) is 11.5 Å². The van der Waals surface area contributed by atoms with E-state index in [1.807, 2.05) is 24.3 Å². The summed E-state index contributed by atoms with van der Waals surface area (Å²) in [6.07, 6.45) is 13.2. The third-order valence-corrected chi connectivity index (χ3v) is 5.13. The molecule has 2 nitrogen and oxygen atoms in total. The molecule has 0 amide bonds. The fraction of sp³-hybridized carbons (Fsp3) is 0.423. The molecule has 0 heterocycles. The van der Waals surface area contributed by atoms with Crippen molar-refractivity contribution in [1.29, 1.82) is 0 Å². The highest BCUT2D eigenvalue weighted by molar-refractivity contribution is 5.93. The first-order chi connectivity index (χ1) is 13.6. The molecule has 150 valence electrons. The number of aryl methyl sites for hydroxylation is 1. The molecule has 2 aromatic rings. The number of allylic oxidation sites excluding steroid dienone is 1. The number of carbonyl (C=O) groups excluding carboxylic acids is 1. The van der Waals surface area contributed by atoms with Gasteiger partial charge in [-0.15, -0.1) is 0 Å². The first-order valence-corrected chi connectivity index (χ1v) is 10.7. The molecule has 0 bridgehead atoms. The minimum Gasteiger partial charge on any atom is -0.507 e. The van der Waals surface area contributed by atoms with Crippen LogP contribution in [-0.4, -0.2) is 10.9 Å². The molecule has 0 aliphatic rings. The van der Waals surface area contributed by atoms with Crippen LogP contribution in [0, 0.1) is 0 Å². The highest BCUT2D eigenvalue weighted by atomic mass is 16.3. The quantitative estimate of drug-likeness (QED) is 0.235. The van der Waals surface area contributed by atoms with Gasteiger partial charge in [0, 0.05) is 11.6 Å². The van der Waals surface area contributed by atoms with Gasteiger partial charge in [0.25, 0.3) is 0 Å². The van der Waals surface area contributed by atoms with Gasteiger partial charge < -0.3 is 5.11 Å². The van der Waals surface area contributed by atoms with Crippen LogP contribution in [0.2, 0.25) is 0 Å². The summed E-state index contributed by atoms with van der Waals surface area (Å²) >= 11 is 0. The highest BCUT2D eigenvalue weighted by Gasteiger charge is 2.03. The number of unbranched alkanes of at least 4 members (excludes halogenated alkanes) is 7. The van der Waals surface area contributed by atoms with Crippen LogP contribution >= 0.6 is 0 Å². The van der Waals surface area contributed by atoms with Crippen LogP contribution < -0.4 is 0 Å². The van der Waals surface area contributed by atoms with Crippen molar-refractivity contribution in [3.8, 4) is 11.1 Å². The summed E-state index contributed by atoms with van der Waals surface area (Å²) in [4.78, 5) is 11.1. The summed E-state index contributed by atoms with van der Waals surface area (Å²) in [6.45, 7) is 3.69. The average molecular weight is 379 g/mol. The van der Waals surface area contributed by atoms with Gasteiger partial charge in [-0.1, -0.05) is 100 Å². The first kappa shape index (κ1) is 21.9. The standard InChI is InChI=1S/C26H34O2/c1-3-4-5-6-7-8-9-10-11-22-12-14-23(15-13-22)24-16-18-25(19-17-24)26(28)20-21(2)27/h12-20,28H,3-11H2,1-2H3/b26-20-. The zero-order valence-corrected chi connectivity index (χ0v) is 17.4. The summed E-state index contributed by atoms with van der Waals surface area (Å²) in [7, 11) is 0. The van der Waals surface area contributed by atoms with Gasteiger partial charge in [0.2, 0.25) is 0 Å². The van der Waals surface area contributed by atoms with Crippen LogP contribution in [0.3, 0.4) is 0 Å². The maximum atomic E-state index is 11.1. The predicted octanol–water partition coefficient (Wildman–Crippen LogP) is 7.52. The minimum atomic E-state index is -0.159. The van der Waals surface area contributed by atoms with Crippen molar-refractivity contribution >= 4 is 11.5 Å². The van der Waals surface area contributed by atoms with E-state index in [4.69, 9.17) is 0 Å². The third kappa shape index (κ3) is 7.72. The van der Waals surface area contributed by atoms with Crippen LogP contribution in [0.15, 0.2) is 54.6 Å². The minimum absolute atomic E-state index is 0.0137. The SMILES string of the molecule is CCCCCCCCCCc1ccc(-c2ccc(/C(O)=C/C(C)=O)cc2)cc1. The second-order valence-corrected chi connectivity index (χ2v) is 7.64. The van der Waals surface area contributed by atoms with Gasteiger partial charge in [0.1, 0.15) is 5.76 Å². The molecule has 28 heavy (non-hydrogen) atoms. The average Bonchev–Trinajstić information content (AvgIpc) is 2.70. The van der Waals surface area contributed by atoms with Crippen molar-refractivity contribution in [2.45, 2.75) is 71.6 Å². The largest absolute Gasteiger partial charge is 0.507 e. The van der Waals surface area contributed by atoms with E-state index in [9.17, 15) is 9.90 Å². The molecule has 1 N–H and O–H groups in total. The Labute approximate surface area is 170 Å². The lowest BCUT2D eigenvalue weighted by molar-refractivity contribution is -0.112. The first-order valence-electron chi connectivity index (χ1n) is 10.7. The zero-order chi connectivity index (χ0) is 20.2. The second kappa shape index (κ2) is 12.2. The van der Waals surface area contributed by atoms with Crippen molar-refractivity contribution in [2.75, 3.05) is 0 Å². The number of rotatable bonds is 12. The van der Waals surface area contributed by atoms with Crippen LogP contribution in [0.4, 0.5) is 0 Å². The van der Waals surface area contributed by atoms with Crippen molar-refractivity contribution < 1.29 is 9.90 Å². The van der Waals surface area contributed by atoms with Crippen molar-refractivity contribution in [2.24, 2.45) is 0 Å². The molecule has 2 rings (SSSR count). The zero-order valence-electron chi connectivity index (χ0n) is 17.4. The Morgan fingerprint density at radius 2 is 1.29 bits per heavy atom. The third-order valence-electron chi connectivity index (χ3n) is 5.13. The van der Waals surface area contributed by atoms with Gasteiger partial charge in [0.15, 0.2) is 5.78 Å². The molecule has 0 saturated heterocycles. The van der Waals surface area contributed by atoms with Crippen LogP contribution in [0.5, 0.6) is 0 Å². The van der Waals surface area contributed by atoms with Gasteiger partial charge in [-0.25, -0.2) is 0 Å². The number of ketones is 1. The van der Waals surface area contributed by atoms with Gasteiger partial charge >= 0.3 is 0 Å². The van der Waals surface area contributed by atoms with E-state index >= 15 is 0 Å². The Kier molecular flexibility index (Phi) is 9.54. The molecule has 0 atom stereocenters. The molecule has 0 unspecified atom stereocenters. The van der Waals surface area contributed by atoms with Crippen molar-refractivity contribution in [1.82, 2.24) is 0 Å². The van der Waals surface area contributed by atoms with Gasteiger partial charge in [-0.2, -0.15) is 0 Å². The molecular weight excluding hydrogens is 344 g/mol. The molecule has 0 radical (unpaired) electrons. The number of benzene rings is 2. The van der Waals surface area contributed by atoms with Gasteiger partial charge in [-0.3, -0.25) is 4.79 Å². The van der Waals surface area contributed by atoms with Crippen molar-refractivity contribution in [3.05, 3.63) is 65.7 Å².